The van der Waals surface area contributed by atoms with Gasteiger partial charge in [0, 0.05) is 5.71 Å². The molecule has 0 radical (unpaired) electrons. The average Bonchev–Trinajstić information content (AvgIpc) is 2.46. The Hall–Kier alpha value is -1.39. The minimum atomic E-state index is -0.488. The van der Waals surface area contributed by atoms with Crippen molar-refractivity contribution in [2.45, 2.75) is 52.0 Å². The summed E-state index contributed by atoms with van der Waals surface area (Å²) >= 11 is 0. The molecule has 1 saturated carbocycles. The lowest BCUT2D eigenvalue weighted by Crippen LogP contribution is -2.43. The van der Waals surface area contributed by atoms with Gasteiger partial charge >= 0.3 is 5.97 Å². The predicted molar refractivity (Wildman–Crippen MR) is 77.3 cm³/mol. The maximum Gasteiger partial charge on any atom is 0.311 e. The Balaban J connectivity index is 2.20. The molecule has 1 fully saturated rings. The Labute approximate surface area is 120 Å². The number of nitrogens with one attached hydrogen (secondary N) is 1. The molecule has 2 rings (SSSR count). The SMILES string of the molecule is CCOC(=N)C1N=C2CCCCC2CC1C(=O)OCC. The number of aliphatic imine (C=N–C) groups is 1. The van der Waals surface area contributed by atoms with Crippen molar-refractivity contribution in [3.8, 4) is 0 Å². The average molecular weight is 280 g/mol. The molecule has 1 N–H and O–H groups in total. The van der Waals surface area contributed by atoms with E-state index in [-0.39, 0.29) is 17.8 Å². The Kier molecular flexibility index (Phi) is 5.15. The van der Waals surface area contributed by atoms with E-state index >= 15 is 0 Å². The third-order valence-electron chi connectivity index (χ3n) is 4.09. The molecule has 20 heavy (non-hydrogen) atoms. The van der Waals surface area contributed by atoms with Crippen LogP contribution in [0.25, 0.3) is 0 Å². The van der Waals surface area contributed by atoms with Gasteiger partial charge < -0.3 is 9.47 Å². The Morgan fingerprint density at radius 2 is 2.05 bits per heavy atom. The normalized spacial score (nSPS) is 29.1. The molecular weight excluding hydrogens is 256 g/mol. The van der Waals surface area contributed by atoms with Gasteiger partial charge in [-0.05, 0) is 45.4 Å². The lowest BCUT2D eigenvalue weighted by molar-refractivity contribution is -0.149. The first kappa shape index (κ1) is 15.0. The summed E-state index contributed by atoms with van der Waals surface area (Å²) in [5.74, 6) is -0.109. The minimum Gasteiger partial charge on any atom is -0.480 e. The van der Waals surface area contributed by atoms with Crippen LogP contribution >= 0.6 is 0 Å². The minimum absolute atomic E-state index is 0.0991. The highest BCUT2D eigenvalue weighted by atomic mass is 16.5. The molecule has 0 aromatic heterocycles. The molecular formula is C15H24N2O3. The molecule has 3 unspecified atom stereocenters. The third kappa shape index (κ3) is 3.19. The lowest BCUT2D eigenvalue weighted by atomic mass is 9.76. The molecule has 5 heteroatoms. The van der Waals surface area contributed by atoms with E-state index in [0.717, 1.165) is 25.7 Å². The van der Waals surface area contributed by atoms with Crippen molar-refractivity contribution < 1.29 is 14.3 Å². The summed E-state index contributed by atoms with van der Waals surface area (Å²) in [6.07, 6.45) is 5.21. The van der Waals surface area contributed by atoms with E-state index in [2.05, 4.69) is 4.99 Å². The van der Waals surface area contributed by atoms with Crippen LogP contribution in [0.1, 0.15) is 46.0 Å². The standard InChI is InChI=1S/C15H24N2O3/c1-3-19-14(16)13-11(15(18)20-4-2)9-10-7-5-6-8-12(10)17-13/h10-11,13,16H,3-9H2,1-2H3. The van der Waals surface area contributed by atoms with E-state index in [4.69, 9.17) is 14.9 Å². The summed E-state index contributed by atoms with van der Waals surface area (Å²) in [5, 5.41) is 8.01. The molecule has 1 aliphatic heterocycles. The summed E-state index contributed by atoms with van der Waals surface area (Å²) in [7, 11) is 0. The smallest absolute Gasteiger partial charge is 0.311 e. The second kappa shape index (κ2) is 6.86. The van der Waals surface area contributed by atoms with E-state index in [1.165, 1.54) is 12.1 Å². The summed E-state index contributed by atoms with van der Waals surface area (Å²) in [5.41, 5.74) is 1.17. The van der Waals surface area contributed by atoms with Crippen LogP contribution in [0.5, 0.6) is 0 Å². The second-order valence-corrected chi connectivity index (χ2v) is 5.40. The molecule has 0 amide bonds. The lowest BCUT2D eigenvalue weighted by Gasteiger charge is -2.35. The number of hydrogen-bond donors (Lipinski definition) is 1. The van der Waals surface area contributed by atoms with Crippen molar-refractivity contribution in [2.75, 3.05) is 13.2 Å². The highest BCUT2D eigenvalue weighted by Gasteiger charge is 2.41. The number of esters is 1. The van der Waals surface area contributed by atoms with Crippen LogP contribution in [-0.2, 0) is 14.3 Å². The third-order valence-corrected chi connectivity index (χ3v) is 4.09. The van der Waals surface area contributed by atoms with Crippen LogP contribution in [0, 0.1) is 17.2 Å². The molecule has 112 valence electrons. The molecule has 0 aromatic carbocycles. The van der Waals surface area contributed by atoms with Crippen LogP contribution in [-0.4, -0.2) is 36.8 Å². The summed E-state index contributed by atoms with van der Waals surface area (Å²) in [6, 6.07) is -0.488. The highest BCUT2D eigenvalue weighted by molar-refractivity contribution is 5.95. The molecule has 2 aliphatic rings. The van der Waals surface area contributed by atoms with Gasteiger partial charge in [-0.2, -0.15) is 0 Å². The van der Waals surface area contributed by atoms with Gasteiger partial charge in [0.15, 0.2) is 0 Å². The van der Waals surface area contributed by atoms with E-state index in [9.17, 15) is 4.79 Å². The van der Waals surface area contributed by atoms with Gasteiger partial charge in [-0.15, -0.1) is 0 Å². The summed E-state index contributed by atoms with van der Waals surface area (Å²) < 4.78 is 10.4. The zero-order valence-electron chi connectivity index (χ0n) is 12.4. The Bertz CT molecular complexity index is 406. The summed E-state index contributed by atoms with van der Waals surface area (Å²) in [4.78, 5) is 16.8. The number of carbonyl (C=O) groups is 1. The van der Waals surface area contributed by atoms with Gasteiger partial charge in [0.25, 0.3) is 0 Å². The van der Waals surface area contributed by atoms with E-state index in [1.54, 1.807) is 6.92 Å². The van der Waals surface area contributed by atoms with Crippen molar-refractivity contribution in [1.29, 1.82) is 5.41 Å². The molecule has 1 aliphatic carbocycles. The van der Waals surface area contributed by atoms with E-state index in [0.29, 0.717) is 19.1 Å². The molecule has 0 aromatic rings. The van der Waals surface area contributed by atoms with Gasteiger partial charge in [-0.1, -0.05) is 6.42 Å². The fourth-order valence-corrected chi connectivity index (χ4v) is 3.15. The van der Waals surface area contributed by atoms with Crippen molar-refractivity contribution >= 4 is 17.6 Å². The zero-order valence-corrected chi connectivity index (χ0v) is 12.4. The van der Waals surface area contributed by atoms with Crippen molar-refractivity contribution in [2.24, 2.45) is 16.8 Å². The fourth-order valence-electron chi connectivity index (χ4n) is 3.15. The first-order chi connectivity index (χ1) is 9.67. The van der Waals surface area contributed by atoms with Gasteiger partial charge in [-0.25, -0.2) is 0 Å². The van der Waals surface area contributed by atoms with Gasteiger partial charge in [0.05, 0.1) is 19.1 Å². The van der Waals surface area contributed by atoms with Gasteiger partial charge in [0.1, 0.15) is 6.04 Å². The Morgan fingerprint density at radius 1 is 1.30 bits per heavy atom. The van der Waals surface area contributed by atoms with Crippen LogP contribution in [0.2, 0.25) is 0 Å². The monoisotopic (exact) mass is 280 g/mol. The zero-order chi connectivity index (χ0) is 14.5. The van der Waals surface area contributed by atoms with Crippen LogP contribution in [0.15, 0.2) is 4.99 Å². The maximum atomic E-state index is 12.1. The molecule has 0 spiro atoms. The quantitative estimate of drug-likeness (QED) is 0.489. The fraction of sp³-hybridized carbons (Fsp3) is 0.800. The highest BCUT2D eigenvalue weighted by Crippen LogP contribution is 2.35. The van der Waals surface area contributed by atoms with Crippen LogP contribution < -0.4 is 0 Å². The Morgan fingerprint density at radius 3 is 2.75 bits per heavy atom. The number of rotatable bonds is 4. The summed E-state index contributed by atoms with van der Waals surface area (Å²) in [6.45, 7) is 4.44. The molecule has 0 saturated heterocycles. The topological polar surface area (TPSA) is 71.7 Å². The van der Waals surface area contributed by atoms with E-state index in [1.807, 2.05) is 6.92 Å². The largest absolute Gasteiger partial charge is 0.480 e. The van der Waals surface area contributed by atoms with Crippen molar-refractivity contribution in [3.05, 3.63) is 0 Å². The number of hydrogen-bond acceptors (Lipinski definition) is 5. The maximum absolute atomic E-state index is 12.1. The molecule has 3 atom stereocenters. The van der Waals surface area contributed by atoms with Crippen LogP contribution in [0.4, 0.5) is 0 Å². The molecule has 5 nitrogen and oxygen atoms in total. The number of ether oxygens (including phenoxy) is 2. The number of nitrogens with zero attached hydrogens (tertiary/aromatic N) is 1. The van der Waals surface area contributed by atoms with Gasteiger partial charge in [0.2, 0.25) is 5.90 Å². The first-order valence-electron chi connectivity index (χ1n) is 7.61. The van der Waals surface area contributed by atoms with Crippen LogP contribution in [0.3, 0.4) is 0 Å². The van der Waals surface area contributed by atoms with Crippen molar-refractivity contribution in [1.82, 2.24) is 0 Å². The number of fused-ring (bicyclic) bond motifs is 1. The molecule has 1 heterocycles. The second-order valence-electron chi connectivity index (χ2n) is 5.40. The van der Waals surface area contributed by atoms with E-state index < -0.39 is 6.04 Å². The van der Waals surface area contributed by atoms with Crippen molar-refractivity contribution in [3.63, 3.8) is 0 Å². The van der Waals surface area contributed by atoms with Gasteiger partial charge in [-0.3, -0.25) is 15.2 Å². The number of carbonyl (C=O) groups excluding carboxylic acids is 1. The first-order valence-corrected chi connectivity index (χ1v) is 7.61. The molecule has 0 bridgehead atoms. The predicted octanol–water partition coefficient (Wildman–Crippen LogP) is 2.58.